The highest BCUT2D eigenvalue weighted by Crippen LogP contribution is 2.35. The van der Waals surface area contributed by atoms with Crippen molar-refractivity contribution in [2.45, 2.75) is 47.0 Å². The van der Waals surface area contributed by atoms with E-state index in [1.165, 1.54) is 77.9 Å². The van der Waals surface area contributed by atoms with Crippen LogP contribution < -0.4 is 0 Å². The van der Waals surface area contributed by atoms with E-state index in [1.54, 1.807) is 0 Å². The summed E-state index contributed by atoms with van der Waals surface area (Å²) in [7, 11) is 0. The third kappa shape index (κ3) is 5.84. The van der Waals surface area contributed by atoms with Gasteiger partial charge in [0.2, 0.25) is 0 Å². The third-order valence-electron chi connectivity index (χ3n) is 9.01. The second-order valence-corrected chi connectivity index (χ2v) is 11.5. The molecule has 0 radical (unpaired) electrons. The molecule has 0 aliphatic carbocycles. The molecule has 0 heterocycles. The minimum Gasteiger partial charge on any atom is -0.0622 e. The van der Waals surface area contributed by atoms with Crippen molar-refractivity contribution >= 4 is 0 Å². The Labute approximate surface area is 257 Å². The van der Waals surface area contributed by atoms with Gasteiger partial charge in [0.1, 0.15) is 0 Å². The number of hydrogen-bond acceptors (Lipinski definition) is 0. The smallest absolute Gasteiger partial charge is 0.00258 e. The molecule has 0 aliphatic rings. The van der Waals surface area contributed by atoms with Crippen LogP contribution in [0.1, 0.15) is 47.2 Å². The highest BCUT2D eigenvalue weighted by molar-refractivity contribution is 5.78. The molecule has 0 aromatic heterocycles. The minimum atomic E-state index is 0.930. The Bertz CT molecular complexity index is 1820. The summed E-state index contributed by atoms with van der Waals surface area (Å²) in [4.78, 5) is 0. The SMILES string of the molecule is CCc1c(-c2ccccc2)ccc(-c2ccc(Cc3ccc(-c4ccc(-c5ccccc5)c(C)c4CC)cc3)cc2)c1C. The molecule has 0 spiro atoms. The Morgan fingerprint density at radius 2 is 0.674 bits per heavy atom. The van der Waals surface area contributed by atoms with E-state index in [1.807, 2.05) is 0 Å². The predicted molar refractivity (Wildman–Crippen MR) is 186 cm³/mol. The van der Waals surface area contributed by atoms with Gasteiger partial charge in [-0.2, -0.15) is 0 Å². The molecule has 6 aromatic rings. The Hall–Kier alpha value is -4.68. The molecule has 0 nitrogen and oxygen atoms in total. The van der Waals surface area contributed by atoms with Crippen molar-refractivity contribution in [3.8, 4) is 44.5 Å². The van der Waals surface area contributed by atoms with E-state index in [-0.39, 0.29) is 0 Å². The molecule has 0 bridgehead atoms. The van der Waals surface area contributed by atoms with Gasteiger partial charge in [0.25, 0.3) is 0 Å². The van der Waals surface area contributed by atoms with E-state index in [9.17, 15) is 0 Å². The molecule has 0 aliphatic heterocycles. The Balaban J connectivity index is 1.21. The molecule has 0 unspecified atom stereocenters. The average molecular weight is 557 g/mol. The fourth-order valence-corrected chi connectivity index (χ4v) is 6.67. The number of benzene rings is 6. The first-order chi connectivity index (χ1) is 21.1. The second-order valence-electron chi connectivity index (χ2n) is 11.5. The zero-order chi connectivity index (χ0) is 29.8. The fraction of sp³-hybridized carbons (Fsp3) is 0.163. The largest absolute Gasteiger partial charge is 0.0622 e. The lowest BCUT2D eigenvalue weighted by molar-refractivity contribution is 1.11. The summed E-state index contributed by atoms with van der Waals surface area (Å²) in [6.07, 6.45) is 2.97. The van der Waals surface area contributed by atoms with Gasteiger partial charge in [-0.05, 0) is 111 Å². The molecular weight excluding hydrogens is 516 g/mol. The molecule has 6 rings (SSSR count). The molecule has 0 atom stereocenters. The lowest BCUT2D eigenvalue weighted by atomic mass is 9.88. The van der Waals surface area contributed by atoms with Crippen LogP contribution in [-0.2, 0) is 19.3 Å². The third-order valence-corrected chi connectivity index (χ3v) is 9.01. The van der Waals surface area contributed by atoms with Crippen LogP contribution in [0.15, 0.2) is 133 Å². The summed E-state index contributed by atoms with van der Waals surface area (Å²) in [6, 6.07) is 49.0. The molecule has 0 amide bonds. The van der Waals surface area contributed by atoms with Gasteiger partial charge in [0.05, 0.1) is 0 Å². The van der Waals surface area contributed by atoms with Gasteiger partial charge < -0.3 is 0 Å². The molecule has 0 fully saturated rings. The maximum absolute atomic E-state index is 2.31. The van der Waals surface area contributed by atoms with Crippen molar-refractivity contribution in [2.24, 2.45) is 0 Å². The van der Waals surface area contributed by atoms with Crippen molar-refractivity contribution in [1.82, 2.24) is 0 Å². The van der Waals surface area contributed by atoms with E-state index < -0.39 is 0 Å². The zero-order valence-electron chi connectivity index (χ0n) is 25.8. The van der Waals surface area contributed by atoms with Crippen LogP contribution in [0.4, 0.5) is 0 Å². The summed E-state index contributed by atoms with van der Waals surface area (Å²) in [5, 5.41) is 0. The first-order valence-corrected chi connectivity index (χ1v) is 15.6. The van der Waals surface area contributed by atoms with Gasteiger partial charge >= 0.3 is 0 Å². The zero-order valence-corrected chi connectivity index (χ0v) is 25.8. The molecule has 0 saturated heterocycles. The van der Waals surface area contributed by atoms with E-state index in [0.717, 1.165) is 19.3 Å². The van der Waals surface area contributed by atoms with Gasteiger partial charge in [-0.3, -0.25) is 0 Å². The van der Waals surface area contributed by atoms with Crippen LogP contribution in [0.2, 0.25) is 0 Å². The van der Waals surface area contributed by atoms with Gasteiger partial charge in [-0.25, -0.2) is 0 Å². The summed E-state index contributed by atoms with van der Waals surface area (Å²) >= 11 is 0. The molecule has 43 heavy (non-hydrogen) atoms. The molecule has 0 heteroatoms. The number of rotatable bonds is 8. The quantitative estimate of drug-likeness (QED) is 0.175. The molecule has 212 valence electrons. The van der Waals surface area contributed by atoms with Crippen molar-refractivity contribution in [1.29, 1.82) is 0 Å². The van der Waals surface area contributed by atoms with E-state index >= 15 is 0 Å². The lowest BCUT2D eigenvalue weighted by Gasteiger charge is -2.17. The summed E-state index contributed by atoms with van der Waals surface area (Å²) < 4.78 is 0. The van der Waals surface area contributed by atoms with Crippen molar-refractivity contribution in [2.75, 3.05) is 0 Å². The van der Waals surface area contributed by atoms with Crippen molar-refractivity contribution in [3.63, 3.8) is 0 Å². The maximum Gasteiger partial charge on any atom is -0.00258 e. The lowest BCUT2D eigenvalue weighted by Crippen LogP contribution is -1.96. The first-order valence-electron chi connectivity index (χ1n) is 15.6. The summed E-state index contributed by atoms with van der Waals surface area (Å²) in [6.45, 7) is 9.07. The normalized spacial score (nSPS) is 11.1. The van der Waals surface area contributed by atoms with Crippen LogP contribution in [0.25, 0.3) is 44.5 Å². The molecular formula is C43H40. The van der Waals surface area contributed by atoms with Crippen LogP contribution in [0.3, 0.4) is 0 Å². The van der Waals surface area contributed by atoms with Crippen LogP contribution in [-0.4, -0.2) is 0 Å². The van der Waals surface area contributed by atoms with E-state index in [4.69, 9.17) is 0 Å². The standard InChI is InChI=1S/C43H40/c1-5-38-31(4)41(26-27-42(38)35-15-11-8-12-16-35)36-21-17-32(18-22-36)29-33-19-23-37(24-20-33)43-28-25-40(30(3)39(43)6-2)34-13-9-7-10-14-34/h7-28H,5-6,29H2,1-4H3. The highest BCUT2D eigenvalue weighted by atomic mass is 14.2. The van der Waals surface area contributed by atoms with Gasteiger partial charge in [0, 0.05) is 0 Å². The van der Waals surface area contributed by atoms with E-state index in [2.05, 4.69) is 161 Å². The number of hydrogen-bond donors (Lipinski definition) is 0. The monoisotopic (exact) mass is 556 g/mol. The van der Waals surface area contributed by atoms with Crippen molar-refractivity contribution < 1.29 is 0 Å². The second kappa shape index (κ2) is 12.7. The summed E-state index contributed by atoms with van der Waals surface area (Å²) in [5.74, 6) is 0. The Kier molecular flexibility index (Phi) is 8.38. The Morgan fingerprint density at radius 3 is 1.07 bits per heavy atom. The minimum absolute atomic E-state index is 0.930. The average Bonchev–Trinajstić information content (AvgIpc) is 3.06. The van der Waals surface area contributed by atoms with Crippen molar-refractivity contribution in [3.05, 3.63) is 167 Å². The first kappa shape index (κ1) is 28.4. The molecule has 0 N–H and O–H groups in total. The molecule has 0 saturated carbocycles. The van der Waals surface area contributed by atoms with Gasteiger partial charge in [0.15, 0.2) is 0 Å². The highest BCUT2D eigenvalue weighted by Gasteiger charge is 2.13. The Morgan fingerprint density at radius 1 is 0.349 bits per heavy atom. The van der Waals surface area contributed by atoms with Crippen LogP contribution in [0, 0.1) is 13.8 Å². The topological polar surface area (TPSA) is 0 Å². The van der Waals surface area contributed by atoms with Gasteiger partial charge in [-0.1, -0.05) is 147 Å². The van der Waals surface area contributed by atoms with Crippen LogP contribution >= 0.6 is 0 Å². The fourth-order valence-electron chi connectivity index (χ4n) is 6.67. The van der Waals surface area contributed by atoms with Crippen LogP contribution in [0.5, 0.6) is 0 Å². The molecule has 6 aromatic carbocycles. The van der Waals surface area contributed by atoms with Gasteiger partial charge in [-0.15, -0.1) is 0 Å². The predicted octanol–water partition coefficient (Wildman–Crippen LogP) is 11.7. The maximum atomic E-state index is 2.31. The summed E-state index contributed by atoms with van der Waals surface area (Å²) in [5.41, 5.74) is 18.8. The van der Waals surface area contributed by atoms with E-state index in [0.29, 0.717) is 0 Å².